The zero-order chi connectivity index (χ0) is 22.7. The number of carboxylic acid groups (broad SMARTS) is 1. The van der Waals surface area contributed by atoms with E-state index >= 15 is 0 Å². The molecular formula is C24H22N2O5S. The van der Waals surface area contributed by atoms with Crippen LogP contribution in [0.25, 0.3) is 0 Å². The topological polar surface area (TPSA) is 88.4 Å². The smallest absolute Gasteiger partial charge is 0.338 e. The van der Waals surface area contributed by atoms with Crippen LogP contribution >= 0.6 is 11.8 Å². The van der Waals surface area contributed by atoms with E-state index in [1.807, 2.05) is 54.6 Å². The van der Waals surface area contributed by atoms with E-state index in [0.29, 0.717) is 33.6 Å². The second-order valence-corrected chi connectivity index (χ2v) is 8.01. The van der Waals surface area contributed by atoms with E-state index in [4.69, 9.17) is 9.47 Å². The Balaban J connectivity index is 1.77. The van der Waals surface area contributed by atoms with Gasteiger partial charge in [-0.3, -0.25) is 4.79 Å². The molecular weight excluding hydrogens is 428 g/mol. The van der Waals surface area contributed by atoms with Gasteiger partial charge in [0.25, 0.3) is 0 Å². The Kier molecular flexibility index (Phi) is 6.32. The molecule has 2 aromatic rings. The number of ether oxygens (including phenoxy) is 2. The number of carbonyl (C=O) groups excluding carboxylic acids is 1. The maximum atomic E-state index is 12.9. The third-order valence-electron chi connectivity index (χ3n) is 4.98. The molecule has 2 heterocycles. The zero-order valence-electron chi connectivity index (χ0n) is 17.6. The molecule has 0 spiro atoms. The lowest BCUT2D eigenvalue weighted by Crippen LogP contribution is -2.37. The van der Waals surface area contributed by atoms with Crippen molar-refractivity contribution in [3.63, 3.8) is 0 Å². The summed E-state index contributed by atoms with van der Waals surface area (Å²) in [6.07, 6.45) is -0.183. The van der Waals surface area contributed by atoms with Gasteiger partial charge in [0.1, 0.15) is 11.5 Å². The number of para-hydroxylation sites is 1. The normalized spacial score (nSPS) is 17.4. The largest absolute Gasteiger partial charge is 0.481 e. The predicted molar refractivity (Wildman–Crippen MR) is 122 cm³/mol. The lowest BCUT2D eigenvalue weighted by molar-refractivity contribution is -0.139. The highest BCUT2D eigenvalue weighted by Gasteiger charge is 2.41. The van der Waals surface area contributed by atoms with Gasteiger partial charge >= 0.3 is 11.9 Å². The summed E-state index contributed by atoms with van der Waals surface area (Å²) in [7, 11) is 0. The number of aliphatic carboxylic acids is 1. The molecule has 0 bridgehead atoms. The number of carboxylic acids is 1. The first-order valence-corrected chi connectivity index (χ1v) is 11.0. The molecule has 0 aromatic heterocycles. The predicted octanol–water partition coefficient (Wildman–Crippen LogP) is 5.09. The average Bonchev–Trinajstić information content (AvgIpc) is 3.15. The first kappa shape index (κ1) is 21.7. The molecule has 2 aromatic carbocycles. The number of amidine groups is 1. The van der Waals surface area contributed by atoms with Crippen molar-refractivity contribution in [2.75, 3.05) is 6.61 Å². The molecule has 0 aliphatic carbocycles. The molecule has 0 saturated heterocycles. The van der Waals surface area contributed by atoms with Crippen molar-refractivity contribution in [3.8, 4) is 11.5 Å². The summed E-state index contributed by atoms with van der Waals surface area (Å²) < 4.78 is 11.3. The Morgan fingerprint density at radius 2 is 1.88 bits per heavy atom. The second-order valence-electron chi connectivity index (χ2n) is 7.17. The first-order valence-electron chi connectivity index (χ1n) is 10.1. The summed E-state index contributed by atoms with van der Waals surface area (Å²) >= 11 is 1.35. The van der Waals surface area contributed by atoms with Crippen LogP contribution in [0, 0.1) is 0 Å². The molecule has 164 valence electrons. The van der Waals surface area contributed by atoms with E-state index in [-0.39, 0.29) is 13.0 Å². The third-order valence-corrected chi connectivity index (χ3v) is 5.87. The third kappa shape index (κ3) is 4.40. The minimum atomic E-state index is -0.957. The fourth-order valence-electron chi connectivity index (χ4n) is 3.68. The lowest BCUT2D eigenvalue weighted by Gasteiger charge is -2.36. The van der Waals surface area contributed by atoms with Crippen LogP contribution in [0.3, 0.4) is 0 Å². The van der Waals surface area contributed by atoms with Crippen molar-refractivity contribution in [2.24, 2.45) is 4.99 Å². The van der Waals surface area contributed by atoms with Crippen LogP contribution < -0.4 is 4.74 Å². The Labute approximate surface area is 190 Å². The minimum Gasteiger partial charge on any atom is -0.481 e. The molecule has 0 amide bonds. The number of thioether (sulfide) groups is 1. The Bertz CT molecular complexity index is 1140. The Morgan fingerprint density at radius 3 is 2.59 bits per heavy atom. The number of aliphatic imine (C=N–C) groups is 1. The summed E-state index contributed by atoms with van der Waals surface area (Å²) in [5, 5.41) is 11.8. The molecule has 7 nitrogen and oxygen atoms in total. The van der Waals surface area contributed by atoms with Crippen LogP contribution in [0.15, 0.2) is 82.0 Å². The summed E-state index contributed by atoms with van der Waals surface area (Å²) in [4.78, 5) is 30.8. The molecule has 2 aliphatic heterocycles. The van der Waals surface area contributed by atoms with E-state index in [2.05, 4.69) is 4.99 Å². The number of nitrogens with zero attached hydrogens (tertiary/aromatic N) is 2. The quantitative estimate of drug-likeness (QED) is 0.588. The number of carbonyl (C=O) groups is 2. The maximum absolute atomic E-state index is 12.9. The van der Waals surface area contributed by atoms with E-state index < -0.39 is 18.0 Å². The minimum absolute atomic E-state index is 0.183. The first-order chi connectivity index (χ1) is 15.5. The number of hydrogen-bond acceptors (Lipinski definition) is 7. The van der Waals surface area contributed by atoms with Gasteiger partial charge in [0.2, 0.25) is 0 Å². The van der Waals surface area contributed by atoms with Crippen LogP contribution in [-0.4, -0.2) is 33.7 Å². The number of esters is 1. The molecule has 0 fully saturated rings. The molecule has 32 heavy (non-hydrogen) atoms. The van der Waals surface area contributed by atoms with Crippen molar-refractivity contribution in [1.29, 1.82) is 0 Å². The van der Waals surface area contributed by atoms with E-state index in [0.717, 1.165) is 5.56 Å². The highest BCUT2D eigenvalue weighted by molar-refractivity contribution is 8.16. The van der Waals surface area contributed by atoms with E-state index in [1.54, 1.807) is 24.2 Å². The number of rotatable bonds is 7. The van der Waals surface area contributed by atoms with E-state index in [9.17, 15) is 14.7 Å². The highest BCUT2D eigenvalue weighted by Crippen LogP contribution is 2.45. The fourth-order valence-corrected chi connectivity index (χ4v) is 4.65. The summed E-state index contributed by atoms with van der Waals surface area (Å²) in [5.74, 6) is -0.133. The molecule has 0 saturated carbocycles. The van der Waals surface area contributed by atoms with Crippen LogP contribution in [-0.2, 0) is 14.3 Å². The van der Waals surface area contributed by atoms with Gasteiger partial charge in [0.05, 0.1) is 30.3 Å². The van der Waals surface area contributed by atoms with Crippen LogP contribution in [0.5, 0.6) is 11.5 Å². The van der Waals surface area contributed by atoms with Gasteiger partial charge in [-0.2, -0.15) is 0 Å². The van der Waals surface area contributed by atoms with Gasteiger partial charge in [0, 0.05) is 5.70 Å². The van der Waals surface area contributed by atoms with Crippen molar-refractivity contribution in [2.45, 2.75) is 26.3 Å². The van der Waals surface area contributed by atoms with E-state index in [1.165, 1.54) is 11.8 Å². The summed E-state index contributed by atoms with van der Waals surface area (Å²) in [6, 6.07) is 16.2. The van der Waals surface area contributed by atoms with Crippen molar-refractivity contribution < 1.29 is 24.2 Å². The zero-order valence-corrected chi connectivity index (χ0v) is 18.5. The Morgan fingerprint density at radius 1 is 1.12 bits per heavy atom. The summed E-state index contributed by atoms with van der Waals surface area (Å²) in [6.45, 7) is 3.74. The number of allylic oxidation sites excluding steroid dienone is 1. The number of fused-ring (bicyclic) bond motifs is 1. The van der Waals surface area contributed by atoms with Crippen molar-refractivity contribution in [1.82, 2.24) is 4.90 Å². The molecule has 1 atom stereocenters. The second kappa shape index (κ2) is 9.32. The van der Waals surface area contributed by atoms with Gasteiger partial charge in [-0.15, -0.1) is 0 Å². The molecule has 2 aliphatic rings. The number of benzene rings is 2. The lowest BCUT2D eigenvalue weighted by atomic mass is 9.93. The van der Waals surface area contributed by atoms with Gasteiger partial charge < -0.3 is 19.5 Å². The van der Waals surface area contributed by atoms with Crippen LogP contribution in [0.1, 0.15) is 31.9 Å². The average molecular weight is 451 g/mol. The molecule has 4 rings (SSSR count). The molecule has 0 radical (unpaired) electrons. The van der Waals surface area contributed by atoms with Gasteiger partial charge in [-0.25, -0.2) is 9.79 Å². The molecule has 1 N–H and O–H groups in total. The highest BCUT2D eigenvalue weighted by atomic mass is 32.2. The summed E-state index contributed by atoms with van der Waals surface area (Å²) in [5.41, 5.74) is 2.26. The monoisotopic (exact) mass is 450 g/mol. The standard InChI is InChI=1S/C24H22N2O5S/c1-3-30-23(29)21-15(2)25-24-26(17(14-32-24)13-20(27)28)22(21)16-8-7-11-19(12-16)31-18-9-5-4-6-10-18/h4-12,14,22H,3,13H2,1-2H3,(H,27,28). The SMILES string of the molecule is CCOC(=O)C1=C(C)N=C2SC=C(CC(=O)O)N2C1c1cccc(Oc2ccccc2)c1. The number of hydrogen-bond donors (Lipinski definition) is 1. The maximum Gasteiger partial charge on any atom is 0.338 e. The van der Waals surface area contributed by atoms with Crippen molar-refractivity contribution in [3.05, 3.63) is 82.5 Å². The van der Waals surface area contributed by atoms with Crippen LogP contribution in [0.4, 0.5) is 0 Å². The van der Waals surface area contributed by atoms with Gasteiger partial charge in [-0.1, -0.05) is 42.1 Å². The van der Waals surface area contributed by atoms with Crippen molar-refractivity contribution >= 4 is 28.9 Å². The molecule has 1 unspecified atom stereocenters. The Hall–Kier alpha value is -3.52. The van der Waals surface area contributed by atoms with Gasteiger partial charge in [-0.05, 0) is 49.1 Å². The van der Waals surface area contributed by atoms with Gasteiger partial charge in [0.15, 0.2) is 5.17 Å². The fraction of sp³-hybridized carbons (Fsp3) is 0.208. The molecule has 8 heteroatoms. The van der Waals surface area contributed by atoms with Crippen LogP contribution in [0.2, 0.25) is 0 Å².